The van der Waals surface area contributed by atoms with Crippen LogP contribution < -0.4 is 0 Å². The molecule has 1 aromatic carbocycles. The topological polar surface area (TPSA) is 78.7 Å². The van der Waals surface area contributed by atoms with E-state index in [9.17, 15) is 14.7 Å². The van der Waals surface area contributed by atoms with Gasteiger partial charge in [0.15, 0.2) is 0 Å². The molecule has 1 atom stereocenters. The number of hydrogen-bond donors (Lipinski definition) is 1. The van der Waals surface area contributed by atoms with Crippen LogP contribution in [0.1, 0.15) is 28.6 Å². The van der Waals surface area contributed by atoms with E-state index in [1.807, 2.05) is 19.0 Å². The molecule has 1 aliphatic rings. The van der Waals surface area contributed by atoms with Crippen LogP contribution in [0.2, 0.25) is 10.0 Å². The molecule has 0 radical (unpaired) electrons. The predicted molar refractivity (Wildman–Crippen MR) is 117 cm³/mol. The molecule has 9 heteroatoms. The number of halogens is 2. The van der Waals surface area contributed by atoms with Crippen molar-refractivity contribution in [2.24, 2.45) is 7.05 Å². The number of amides is 1. The van der Waals surface area contributed by atoms with Crippen molar-refractivity contribution in [1.29, 1.82) is 0 Å². The number of likely N-dealkylation sites (N-methyl/N-ethyl adjacent to an activating group) is 1. The van der Waals surface area contributed by atoms with Gasteiger partial charge < -0.3 is 14.9 Å². The summed E-state index contributed by atoms with van der Waals surface area (Å²) in [6, 6.07) is 4.17. The third-order valence-electron chi connectivity index (χ3n) is 5.33. The molecule has 1 aliphatic heterocycles. The van der Waals surface area contributed by atoms with Crippen LogP contribution in [0.4, 0.5) is 0 Å². The third-order valence-corrected chi connectivity index (χ3v) is 6.07. The summed E-state index contributed by atoms with van der Waals surface area (Å²) in [4.78, 5) is 29.3. The number of carbonyl (C=O) groups excluding carboxylic acids is 2. The highest BCUT2D eigenvalue weighted by Crippen LogP contribution is 2.41. The van der Waals surface area contributed by atoms with Gasteiger partial charge in [-0.25, -0.2) is 0 Å². The van der Waals surface area contributed by atoms with Crippen molar-refractivity contribution in [3.63, 3.8) is 0 Å². The van der Waals surface area contributed by atoms with Crippen molar-refractivity contribution < 1.29 is 14.7 Å². The zero-order valence-electron chi connectivity index (χ0n) is 17.5. The molecule has 2 heterocycles. The van der Waals surface area contributed by atoms with Crippen molar-refractivity contribution in [2.75, 3.05) is 27.2 Å². The molecule has 30 heavy (non-hydrogen) atoms. The van der Waals surface area contributed by atoms with E-state index in [0.29, 0.717) is 45.6 Å². The number of Topliss-reactive ketones (excluding diaryl/α,β-unsaturated/α-hetero) is 1. The Kier molecular flexibility index (Phi) is 6.26. The summed E-state index contributed by atoms with van der Waals surface area (Å²) in [6.07, 6.45) is 0. The van der Waals surface area contributed by atoms with Crippen molar-refractivity contribution in [3.05, 3.63) is 56.3 Å². The van der Waals surface area contributed by atoms with Gasteiger partial charge in [-0.2, -0.15) is 5.10 Å². The minimum absolute atomic E-state index is 0.0244. The van der Waals surface area contributed by atoms with E-state index < -0.39 is 17.7 Å². The number of rotatable bonds is 5. The molecule has 2 aromatic rings. The number of ketones is 1. The summed E-state index contributed by atoms with van der Waals surface area (Å²) >= 11 is 12.3. The molecule has 160 valence electrons. The van der Waals surface area contributed by atoms with Gasteiger partial charge in [0.25, 0.3) is 11.7 Å². The van der Waals surface area contributed by atoms with Gasteiger partial charge in [0.1, 0.15) is 5.76 Å². The van der Waals surface area contributed by atoms with Crippen LogP contribution >= 0.6 is 23.2 Å². The lowest BCUT2D eigenvalue weighted by Crippen LogP contribution is -2.35. The zero-order valence-corrected chi connectivity index (χ0v) is 19.0. The van der Waals surface area contributed by atoms with Crippen LogP contribution in [0, 0.1) is 13.8 Å². The molecule has 1 fully saturated rings. The summed E-state index contributed by atoms with van der Waals surface area (Å²) in [7, 11) is 5.52. The molecular formula is C21H24Cl2N4O3. The Labute approximate surface area is 185 Å². The molecule has 1 saturated heterocycles. The maximum absolute atomic E-state index is 13.0. The van der Waals surface area contributed by atoms with Crippen molar-refractivity contribution in [2.45, 2.75) is 19.9 Å². The Balaban J connectivity index is 2.23. The molecule has 7 nitrogen and oxygen atoms in total. The van der Waals surface area contributed by atoms with Gasteiger partial charge in [-0.15, -0.1) is 0 Å². The van der Waals surface area contributed by atoms with E-state index in [1.54, 1.807) is 43.8 Å². The molecule has 0 spiro atoms. The Morgan fingerprint density at radius 2 is 1.87 bits per heavy atom. The smallest absolute Gasteiger partial charge is 0.295 e. The molecule has 0 saturated carbocycles. The summed E-state index contributed by atoms with van der Waals surface area (Å²) in [5.41, 5.74) is 2.34. The lowest BCUT2D eigenvalue weighted by molar-refractivity contribution is -0.140. The van der Waals surface area contributed by atoms with Crippen molar-refractivity contribution >= 4 is 40.7 Å². The number of aliphatic hydroxyl groups excluding tert-OH is 1. The average Bonchev–Trinajstić information content (AvgIpc) is 3.07. The summed E-state index contributed by atoms with van der Waals surface area (Å²) in [5, 5.41) is 16.2. The first-order valence-electron chi connectivity index (χ1n) is 9.43. The number of likely N-dealkylation sites (tertiary alicyclic amines) is 1. The van der Waals surface area contributed by atoms with Crippen LogP contribution in [0.5, 0.6) is 0 Å². The first-order valence-corrected chi connectivity index (χ1v) is 10.2. The molecule has 1 aromatic heterocycles. The van der Waals surface area contributed by atoms with Crippen LogP contribution in [0.3, 0.4) is 0 Å². The van der Waals surface area contributed by atoms with E-state index in [2.05, 4.69) is 5.10 Å². The molecule has 3 rings (SSSR count). The lowest BCUT2D eigenvalue weighted by Gasteiger charge is -2.26. The van der Waals surface area contributed by atoms with Gasteiger partial charge in [0.05, 0.1) is 32.9 Å². The Morgan fingerprint density at radius 1 is 1.20 bits per heavy atom. The highest BCUT2D eigenvalue weighted by Gasteiger charge is 2.46. The van der Waals surface area contributed by atoms with Crippen molar-refractivity contribution in [3.8, 4) is 0 Å². The second kappa shape index (κ2) is 8.41. The molecule has 1 unspecified atom stereocenters. The first-order chi connectivity index (χ1) is 14.0. The van der Waals surface area contributed by atoms with Crippen LogP contribution in [-0.2, 0) is 16.6 Å². The first kappa shape index (κ1) is 22.3. The maximum Gasteiger partial charge on any atom is 0.295 e. The molecule has 0 bridgehead atoms. The Bertz CT molecular complexity index is 1060. The molecule has 0 aliphatic carbocycles. The number of benzene rings is 1. The fraction of sp³-hybridized carbons (Fsp3) is 0.381. The van der Waals surface area contributed by atoms with Gasteiger partial charge in [0.2, 0.25) is 0 Å². The standard InChI is InChI=1S/C21H24Cl2N4O3/c1-11-16(12(2)26(5)24-11)19(28)17-18(13-6-7-14(22)15(23)10-13)27(9-8-25(3)4)21(30)20(17)29/h6-7,10,18,28H,8-9H2,1-5H3/b19-17+. The lowest BCUT2D eigenvalue weighted by atomic mass is 9.94. The monoisotopic (exact) mass is 450 g/mol. The quantitative estimate of drug-likeness (QED) is 0.429. The number of aliphatic hydroxyl groups is 1. The molecule has 1 N–H and O–H groups in total. The SMILES string of the molecule is Cc1nn(C)c(C)c1/C(O)=C1\C(=O)C(=O)N(CCN(C)C)C1c1ccc(Cl)c(Cl)c1. The highest BCUT2D eigenvalue weighted by atomic mass is 35.5. The average molecular weight is 451 g/mol. The Morgan fingerprint density at radius 3 is 2.40 bits per heavy atom. The van der Waals surface area contributed by atoms with Gasteiger partial charge in [0, 0.05) is 25.8 Å². The van der Waals surface area contributed by atoms with Gasteiger partial charge in [-0.3, -0.25) is 14.3 Å². The van der Waals surface area contributed by atoms with Gasteiger partial charge in [-0.1, -0.05) is 29.3 Å². The summed E-state index contributed by atoms with van der Waals surface area (Å²) < 4.78 is 1.63. The van der Waals surface area contributed by atoms with Gasteiger partial charge in [-0.05, 0) is 45.6 Å². The second-order valence-electron chi connectivity index (χ2n) is 7.64. The fourth-order valence-corrected chi connectivity index (χ4v) is 4.00. The van der Waals surface area contributed by atoms with Crippen LogP contribution in [0.15, 0.2) is 23.8 Å². The van der Waals surface area contributed by atoms with E-state index >= 15 is 0 Å². The van der Waals surface area contributed by atoms with E-state index in [0.717, 1.165) is 0 Å². The third kappa shape index (κ3) is 3.85. The number of carbonyl (C=O) groups is 2. The maximum atomic E-state index is 13.0. The van der Waals surface area contributed by atoms with Gasteiger partial charge >= 0.3 is 0 Å². The molecule has 1 amide bonds. The minimum Gasteiger partial charge on any atom is -0.507 e. The number of aromatic nitrogens is 2. The van der Waals surface area contributed by atoms with Crippen molar-refractivity contribution in [1.82, 2.24) is 19.6 Å². The highest BCUT2D eigenvalue weighted by molar-refractivity contribution is 6.47. The predicted octanol–water partition coefficient (Wildman–Crippen LogP) is 3.33. The molecular weight excluding hydrogens is 427 g/mol. The minimum atomic E-state index is -0.779. The van der Waals surface area contributed by atoms with Crippen LogP contribution in [-0.4, -0.2) is 63.6 Å². The zero-order chi connectivity index (χ0) is 22.3. The number of nitrogens with zero attached hydrogens (tertiary/aromatic N) is 4. The summed E-state index contributed by atoms with van der Waals surface area (Å²) in [5.74, 6) is -1.63. The van der Waals surface area contributed by atoms with E-state index in [1.165, 1.54) is 4.90 Å². The largest absolute Gasteiger partial charge is 0.507 e. The normalized spacial score (nSPS) is 18.7. The van der Waals surface area contributed by atoms with E-state index in [-0.39, 0.29) is 11.3 Å². The fourth-order valence-electron chi connectivity index (χ4n) is 3.70. The Hall–Kier alpha value is -2.35. The van der Waals surface area contributed by atoms with Crippen LogP contribution in [0.25, 0.3) is 5.76 Å². The van der Waals surface area contributed by atoms with E-state index in [4.69, 9.17) is 23.2 Å². The summed E-state index contributed by atoms with van der Waals surface area (Å²) in [6.45, 7) is 4.41. The second-order valence-corrected chi connectivity index (χ2v) is 8.45. The number of aryl methyl sites for hydroxylation is 2. The number of hydrogen-bond acceptors (Lipinski definition) is 5.